The number of carbonyl (C=O) groups is 1. The first-order valence-electron chi connectivity index (χ1n) is 5.65. The molecule has 0 unspecified atom stereocenters. The number of rotatable bonds is 5. The van der Waals surface area contributed by atoms with Gasteiger partial charge in [0.05, 0.1) is 26.9 Å². The topological polar surface area (TPSA) is 48.0 Å². The van der Waals surface area contributed by atoms with Crippen LogP contribution < -0.4 is 14.2 Å². The summed E-state index contributed by atoms with van der Waals surface area (Å²) in [5.41, 5.74) is 0.458. The van der Waals surface area contributed by atoms with Gasteiger partial charge in [0.25, 0.3) is 5.91 Å². The van der Waals surface area contributed by atoms with Crippen molar-refractivity contribution in [2.45, 2.75) is 6.92 Å². The second kappa shape index (κ2) is 6.14. The molecule has 1 amide bonds. The highest BCUT2D eigenvalue weighted by molar-refractivity contribution is 5.98. The number of hydrogen-bond acceptors (Lipinski definition) is 4. The maximum Gasteiger partial charge on any atom is 0.257 e. The summed E-state index contributed by atoms with van der Waals surface area (Å²) in [5.74, 6) is 1.23. The standard InChI is InChI=1S/C13H19NO4/c1-6-14(2)13(15)9-7-8-10(16-3)12(18-5)11(9)17-4/h7-8H,6H2,1-5H3. The minimum atomic E-state index is -0.115. The van der Waals surface area contributed by atoms with E-state index in [1.807, 2.05) is 6.92 Å². The highest BCUT2D eigenvalue weighted by Crippen LogP contribution is 2.39. The summed E-state index contributed by atoms with van der Waals surface area (Å²) in [6.45, 7) is 2.53. The molecule has 0 N–H and O–H groups in total. The minimum Gasteiger partial charge on any atom is -0.493 e. The Morgan fingerprint density at radius 3 is 2.17 bits per heavy atom. The summed E-state index contributed by atoms with van der Waals surface area (Å²) in [4.78, 5) is 13.8. The molecule has 100 valence electrons. The molecule has 0 bridgehead atoms. The van der Waals surface area contributed by atoms with Gasteiger partial charge in [-0.1, -0.05) is 0 Å². The van der Waals surface area contributed by atoms with Crippen LogP contribution in [0.25, 0.3) is 0 Å². The number of ether oxygens (including phenoxy) is 3. The molecular weight excluding hydrogens is 234 g/mol. The summed E-state index contributed by atoms with van der Waals surface area (Å²) >= 11 is 0. The molecule has 0 fully saturated rings. The Bertz CT molecular complexity index is 431. The summed E-state index contributed by atoms with van der Waals surface area (Å²) in [6, 6.07) is 3.37. The van der Waals surface area contributed by atoms with Crippen molar-refractivity contribution in [1.82, 2.24) is 4.90 Å². The van der Waals surface area contributed by atoms with Crippen LogP contribution in [0.2, 0.25) is 0 Å². The Morgan fingerprint density at radius 2 is 1.72 bits per heavy atom. The van der Waals surface area contributed by atoms with Crippen molar-refractivity contribution in [3.05, 3.63) is 17.7 Å². The first-order chi connectivity index (χ1) is 8.60. The van der Waals surface area contributed by atoms with E-state index in [0.717, 1.165) is 0 Å². The number of benzene rings is 1. The predicted molar refractivity (Wildman–Crippen MR) is 68.7 cm³/mol. The molecule has 0 heterocycles. The van der Waals surface area contributed by atoms with Gasteiger partial charge in [-0.3, -0.25) is 4.79 Å². The van der Waals surface area contributed by atoms with Crippen LogP contribution in [0.5, 0.6) is 17.2 Å². The van der Waals surface area contributed by atoms with Crippen molar-refractivity contribution >= 4 is 5.91 Å². The van der Waals surface area contributed by atoms with Crippen LogP contribution >= 0.6 is 0 Å². The lowest BCUT2D eigenvalue weighted by molar-refractivity contribution is 0.0798. The van der Waals surface area contributed by atoms with Gasteiger partial charge >= 0.3 is 0 Å². The number of carbonyl (C=O) groups excluding carboxylic acids is 1. The molecule has 0 atom stereocenters. The highest BCUT2D eigenvalue weighted by Gasteiger charge is 2.22. The van der Waals surface area contributed by atoms with Crippen molar-refractivity contribution in [3.63, 3.8) is 0 Å². The van der Waals surface area contributed by atoms with E-state index in [2.05, 4.69) is 0 Å². The number of hydrogen-bond donors (Lipinski definition) is 0. The fourth-order valence-corrected chi connectivity index (χ4v) is 1.62. The first kappa shape index (κ1) is 14.2. The molecule has 0 aliphatic carbocycles. The molecule has 0 radical (unpaired) electrons. The van der Waals surface area contributed by atoms with Gasteiger partial charge in [0, 0.05) is 13.6 Å². The van der Waals surface area contributed by atoms with Crippen LogP contribution in [-0.2, 0) is 0 Å². The zero-order chi connectivity index (χ0) is 13.7. The molecule has 5 heteroatoms. The van der Waals surface area contributed by atoms with Crippen molar-refractivity contribution in [3.8, 4) is 17.2 Å². The van der Waals surface area contributed by atoms with Crippen LogP contribution in [-0.4, -0.2) is 45.7 Å². The zero-order valence-corrected chi connectivity index (χ0v) is 11.4. The summed E-state index contributed by atoms with van der Waals surface area (Å²) in [6.07, 6.45) is 0. The first-order valence-corrected chi connectivity index (χ1v) is 5.65. The summed E-state index contributed by atoms with van der Waals surface area (Å²) in [5, 5.41) is 0. The SMILES string of the molecule is CCN(C)C(=O)c1ccc(OC)c(OC)c1OC. The third kappa shape index (κ3) is 2.50. The fraction of sp³-hybridized carbons (Fsp3) is 0.462. The minimum absolute atomic E-state index is 0.115. The van der Waals surface area contributed by atoms with Gasteiger partial charge < -0.3 is 19.1 Å². The van der Waals surface area contributed by atoms with Gasteiger partial charge in [-0.2, -0.15) is 0 Å². The second-order valence-electron chi connectivity index (χ2n) is 3.70. The van der Waals surface area contributed by atoms with E-state index in [1.54, 1.807) is 24.1 Å². The Hall–Kier alpha value is -1.91. The molecular formula is C13H19NO4. The molecule has 18 heavy (non-hydrogen) atoms. The maximum atomic E-state index is 12.2. The van der Waals surface area contributed by atoms with Gasteiger partial charge in [0.15, 0.2) is 11.5 Å². The Morgan fingerprint density at radius 1 is 1.11 bits per heavy atom. The lowest BCUT2D eigenvalue weighted by Gasteiger charge is -2.19. The van der Waals surface area contributed by atoms with Crippen molar-refractivity contribution in [2.24, 2.45) is 0 Å². The number of nitrogens with zero attached hydrogens (tertiary/aromatic N) is 1. The Balaban J connectivity index is 3.33. The molecule has 5 nitrogen and oxygen atoms in total. The van der Waals surface area contributed by atoms with Crippen LogP contribution in [0.4, 0.5) is 0 Å². The fourth-order valence-electron chi connectivity index (χ4n) is 1.62. The monoisotopic (exact) mass is 253 g/mol. The van der Waals surface area contributed by atoms with E-state index >= 15 is 0 Å². The highest BCUT2D eigenvalue weighted by atomic mass is 16.5. The molecule has 0 saturated carbocycles. The lowest BCUT2D eigenvalue weighted by Crippen LogP contribution is -2.26. The van der Waals surface area contributed by atoms with E-state index in [9.17, 15) is 4.79 Å². The number of amides is 1. The molecule has 1 aromatic rings. The molecule has 0 aromatic heterocycles. The predicted octanol–water partition coefficient (Wildman–Crippen LogP) is 1.80. The smallest absolute Gasteiger partial charge is 0.257 e. The van der Waals surface area contributed by atoms with Crippen LogP contribution in [0, 0.1) is 0 Å². The largest absolute Gasteiger partial charge is 0.493 e. The van der Waals surface area contributed by atoms with Gasteiger partial charge in [0.1, 0.15) is 0 Å². The molecule has 0 spiro atoms. The van der Waals surface area contributed by atoms with E-state index in [1.165, 1.54) is 21.3 Å². The maximum absolute atomic E-state index is 12.2. The molecule has 1 rings (SSSR count). The van der Waals surface area contributed by atoms with Gasteiger partial charge in [0.2, 0.25) is 5.75 Å². The average Bonchev–Trinajstić information content (AvgIpc) is 2.43. The average molecular weight is 253 g/mol. The third-order valence-electron chi connectivity index (χ3n) is 2.76. The van der Waals surface area contributed by atoms with Crippen molar-refractivity contribution in [2.75, 3.05) is 34.9 Å². The second-order valence-corrected chi connectivity index (χ2v) is 3.70. The third-order valence-corrected chi connectivity index (χ3v) is 2.76. The van der Waals surface area contributed by atoms with Crippen LogP contribution in [0.1, 0.15) is 17.3 Å². The van der Waals surface area contributed by atoms with E-state index in [4.69, 9.17) is 14.2 Å². The van der Waals surface area contributed by atoms with Crippen molar-refractivity contribution in [1.29, 1.82) is 0 Å². The van der Waals surface area contributed by atoms with Gasteiger partial charge in [-0.05, 0) is 19.1 Å². The quantitative estimate of drug-likeness (QED) is 0.803. The van der Waals surface area contributed by atoms with Gasteiger partial charge in [-0.15, -0.1) is 0 Å². The lowest BCUT2D eigenvalue weighted by atomic mass is 10.1. The molecule has 0 aliphatic rings. The van der Waals surface area contributed by atoms with Crippen molar-refractivity contribution < 1.29 is 19.0 Å². The normalized spacial score (nSPS) is 9.83. The zero-order valence-electron chi connectivity index (χ0n) is 11.4. The number of methoxy groups -OCH3 is 3. The van der Waals surface area contributed by atoms with E-state index < -0.39 is 0 Å². The molecule has 0 aliphatic heterocycles. The van der Waals surface area contributed by atoms with E-state index in [0.29, 0.717) is 29.4 Å². The Labute approximate surface area is 107 Å². The molecule has 1 aromatic carbocycles. The van der Waals surface area contributed by atoms with Crippen LogP contribution in [0.15, 0.2) is 12.1 Å². The molecule has 0 saturated heterocycles. The van der Waals surface area contributed by atoms with Gasteiger partial charge in [-0.25, -0.2) is 0 Å². The summed E-state index contributed by atoms with van der Waals surface area (Å²) in [7, 11) is 6.29. The summed E-state index contributed by atoms with van der Waals surface area (Å²) < 4.78 is 15.7. The van der Waals surface area contributed by atoms with Crippen LogP contribution in [0.3, 0.4) is 0 Å². The van der Waals surface area contributed by atoms with E-state index in [-0.39, 0.29) is 5.91 Å². The Kier molecular flexibility index (Phi) is 4.83.